The Hall–Kier alpha value is -5.82. The summed E-state index contributed by atoms with van der Waals surface area (Å²) in [7, 11) is -0.460. The van der Waals surface area contributed by atoms with E-state index >= 15 is 0 Å². The van der Waals surface area contributed by atoms with Crippen molar-refractivity contribution in [3.63, 3.8) is 0 Å². The van der Waals surface area contributed by atoms with E-state index in [1.165, 1.54) is 64.6 Å². The maximum Gasteiger partial charge on any atom is 0.495 e. The van der Waals surface area contributed by atoms with Gasteiger partial charge >= 0.3 is 7.12 Å². The van der Waals surface area contributed by atoms with Crippen molar-refractivity contribution in [2.45, 2.75) is 38.9 Å². The fraction of sp³-hybridized carbons (Fsp3) is 0.0909. The molecule has 12 aromatic carbocycles. The van der Waals surface area contributed by atoms with Gasteiger partial charge in [-0.1, -0.05) is 188 Å². The van der Waals surface area contributed by atoms with E-state index in [2.05, 4.69) is 204 Å². The Morgan fingerprint density at radius 3 is 1.11 bits per heavy atom. The van der Waals surface area contributed by atoms with E-state index in [9.17, 15) is 0 Å². The fourth-order valence-corrected chi connectivity index (χ4v) is 11.7. The van der Waals surface area contributed by atoms with Gasteiger partial charge in [0.15, 0.2) is 0 Å². The molecule has 1 aliphatic rings. The van der Waals surface area contributed by atoms with Gasteiger partial charge in [-0.15, -0.1) is 0 Å². The minimum atomic E-state index is -0.460. The third-order valence-electron chi connectivity index (χ3n) is 15.6. The van der Waals surface area contributed by atoms with Crippen LogP contribution in [0.4, 0.5) is 0 Å². The molecule has 3 heterocycles. The van der Waals surface area contributed by atoms with Crippen molar-refractivity contribution < 1.29 is 80.4 Å². The molecule has 0 atom stereocenters. The van der Waals surface area contributed by atoms with Gasteiger partial charge in [-0.25, -0.2) is 0 Å². The smallest absolute Gasteiger partial charge is 0.455 e. The summed E-state index contributed by atoms with van der Waals surface area (Å²) >= 11 is 6.51. The molecule has 1 fully saturated rings. The van der Waals surface area contributed by atoms with Crippen LogP contribution in [0.1, 0.15) is 27.7 Å². The molecule has 14 aromatic rings. The van der Waals surface area contributed by atoms with Crippen molar-refractivity contribution in [2.24, 2.45) is 0 Å². The maximum atomic E-state index is 6.60. The van der Waals surface area contributed by atoms with Crippen LogP contribution in [0.3, 0.4) is 0 Å². The van der Waals surface area contributed by atoms with Crippen molar-refractivity contribution >= 4 is 133 Å². The normalized spacial score (nSPS) is 14.1. The zero-order valence-corrected chi connectivity index (χ0v) is 50.3. The van der Waals surface area contributed by atoms with E-state index in [0.29, 0.717) is 0 Å². The number of hydrogen-bond donors (Lipinski definition) is 0. The largest absolute Gasteiger partial charge is 0.495 e. The Kier molecular flexibility index (Phi) is 12.5. The van der Waals surface area contributed by atoms with Crippen LogP contribution in [-0.4, -0.2) is 18.3 Å². The van der Waals surface area contributed by atoms with Gasteiger partial charge in [0.2, 0.25) is 0 Å². The minimum absolute atomic E-state index is 0. The Morgan fingerprint density at radius 2 is 0.676 bits per heavy atom. The molecule has 0 amide bonds. The first-order chi connectivity index (χ1) is 35.1. The number of fused-ring (bicyclic) bond motifs is 18. The van der Waals surface area contributed by atoms with Crippen LogP contribution in [-0.2, 0) is 9.31 Å². The number of para-hydroxylation sites is 2. The molecule has 4 nitrogen and oxygen atoms in total. The second-order valence-corrected chi connectivity index (χ2v) is 20.6. The summed E-state index contributed by atoms with van der Waals surface area (Å²) in [5, 5.41) is 20.1. The fourth-order valence-electron chi connectivity index (χ4n) is 11.5. The third kappa shape index (κ3) is 7.69. The standard InChI is InChI=1S/C36H29BO3.C30H17ClO.2U/c1-35(2)36(3,4)40-37(39-35)31-17-10-18-32-33(31)29-16-9-15-23(34(29)38-32)22-19-20-28-26-13-6-5-11-24(26)25-12-7-8-14-27(25)30(28)21-22;31-27-13-6-14-28-29(27)25-12-5-11-19(30(25)32-28)18-15-16-24-22-9-2-1-7-20(22)21-8-3-4-10-23(21)26(24)17-18;;/h5-21H,1-4H3;1-17H;;. The van der Waals surface area contributed by atoms with Gasteiger partial charge in [0.1, 0.15) is 22.3 Å². The SMILES string of the molecule is CC1(C)OB(c2cccc3oc4c(-c5ccc6c7ccccc7c7ccccc7c6c5)cccc4c23)OC1(C)C.Clc1cccc2oc3c(-c4ccc5c6ccccc6c6ccccc6c5c4)cccc3c12.[U].[U]. The first-order valence-electron chi connectivity index (χ1n) is 24.7. The zero-order chi connectivity index (χ0) is 48.5. The quantitative estimate of drug-likeness (QED) is 0.131. The van der Waals surface area contributed by atoms with E-state index in [1.807, 2.05) is 30.3 Å². The summed E-state index contributed by atoms with van der Waals surface area (Å²) in [4.78, 5) is 0. The number of hydrogen-bond acceptors (Lipinski definition) is 4. The van der Waals surface area contributed by atoms with Crippen LogP contribution in [0.5, 0.6) is 0 Å². The molecular formula is C66H46BClO4U2. The van der Waals surface area contributed by atoms with Gasteiger partial charge in [0.25, 0.3) is 0 Å². The molecule has 0 aliphatic carbocycles. The molecule has 15 rings (SSSR count). The number of rotatable bonds is 3. The van der Waals surface area contributed by atoms with Gasteiger partial charge < -0.3 is 18.1 Å². The van der Waals surface area contributed by atoms with Crippen molar-refractivity contribution in [1.82, 2.24) is 0 Å². The average molecular weight is 1430 g/mol. The minimum Gasteiger partial charge on any atom is -0.455 e. The number of halogens is 1. The van der Waals surface area contributed by atoms with Gasteiger partial charge in [-0.05, 0) is 139 Å². The molecule has 0 saturated carbocycles. The molecule has 2 aromatic heterocycles. The van der Waals surface area contributed by atoms with Gasteiger partial charge in [0.05, 0.1) is 16.2 Å². The van der Waals surface area contributed by atoms with Crippen molar-refractivity contribution in [2.75, 3.05) is 0 Å². The van der Waals surface area contributed by atoms with Crippen molar-refractivity contribution in [1.29, 1.82) is 0 Å². The second kappa shape index (κ2) is 18.8. The summed E-state index contributed by atoms with van der Waals surface area (Å²) < 4.78 is 25.8. The van der Waals surface area contributed by atoms with Crippen LogP contribution in [0.2, 0.25) is 5.02 Å². The summed E-state index contributed by atoms with van der Waals surface area (Å²) in [6, 6.07) is 72.9. The molecule has 1 aliphatic heterocycles. The summed E-state index contributed by atoms with van der Waals surface area (Å²) in [5.41, 5.74) is 8.01. The third-order valence-corrected chi connectivity index (χ3v) is 16.0. The number of benzene rings is 12. The summed E-state index contributed by atoms with van der Waals surface area (Å²) in [5.74, 6) is 0. The van der Waals surface area contributed by atoms with Crippen molar-refractivity contribution in [3.8, 4) is 22.3 Å². The Labute approximate surface area is 480 Å². The summed E-state index contributed by atoms with van der Waals surface area (Å²) in [6.07, 6.45) is 0. The first kappa shape index (κ1) is 49.1. The molecule has 1 saturated heterocycles. The molecule has 352 valence electrons. The van der Waals surface area contributed by atoms with Crippen LogP contribution >= 0.6 is 11.6 Å². The van der Waals surface area contributed by atoms with E-state index in [-0.39, 0.29) is 62.2 Å². The van der Waals surface area contributed by atoms with E-state index in [4.69, 9.17) is 29.7 Å². The summed E-state index contributed by atoms with van der Waals surface area (Å²) in [6.45, 7) is 8.35. The molecule has 0 radical (unpaired) electrons. The molecule has 0 bridgehead atoms. The molecular weight excluding hydrogens is 1380 g/mol. The predicted octanol–water partition coefficient (Wildman–Crippen LogP) is 18.4. The number of furan rings is 2. The van der Waals surface area contributed by atoms with Crippen LogP contribution in [0.25, 0.3) is 131 Å². The Morgan fingerprint density at radius 1 is 0.338 bits per heavy atom. The molecule has 0 N–H and O–H groups in total. The Bertz CT molecular complexity index is 4490. The van der Waals surface area contributed by atoms with E-state index < -0.39 is 18.3 Å². The van der Waals surface area contributed by atoms with E-state index in [0.717, 1.165) is 76.6 Å². The monoisotopic (exact) mass is 1420 g/mol. The Balaban J connectivity index is 0.000000150. The van der Waals surface area contributed by atoms with Crippen LogP contribution in [0, 0.1) is 62.2 Å². The zero-order valence-electron chi connectivity index (χ0n) is 41.2. The van der Waals surface area contributed by atoms with Crippen molar-refractivity contribution in [3.05, 3.63) is 211 Å². The molecule has 8 heteroatoms. The topological polar surface area (TPSA) is 44.7 Å². The maximum absolute atomic E-state index is 6.60. The molecule has 0 spiro atoms. The van der Waals surface area contributed by atoms with Gasteiger partial charge in [-0.3, -0.25) is 0 Å². The first-order valence-corrected chi connectivity index (χ1v) is 25.1. The van der Waals surface area contributed by atoms with Gasteiger partial charge in [-0.2, -0.15) is 0 Å². The second-order valence-electron chi connectivity index (χ2n) is 20.2. The van der Waals surface area contributed by atoms with Gasteiger partial charge in [0, 0.05) is 94.9 Å². The predicted molar refractivity (Wildman–Crippen MR) is 304 cm³/mol. The molecule has 74 heavy (non-hydrogen) atoms. The van der Waals surface area contributed by atoms with E-state index in [1.54, 1.807) is 0 Å². The molecule has 0 unspecified atom stereocenters. The van der Waals surface area contributed by atoms with Crippen LogP contribution in [0.15, 0.2) is 215 Å². The average Bonchev–Trinajstić information content (AvgIpc) is 4.07. The van der Waals surface area contributed by atoms with Crippen LogP contribution < -0.4 is 5.46 Å².